The highest BCUT2D eigenvalue weighted by molar-refractivity contribution is 6.11. The zero-order valence-corrected chi connectivity index (χ0v) is 28.0. The molecule has 7 rings (SSSR count). The van der Waals surface area contributed by atoms with Crippen molar-refractivity contribution >= 4 is 27.4 Å². The maximum atomic E-state index is 3.67. The molecule has 0 radical (unpaired) electrons. The predicted molar refractivity (Wildman–Crippen MR) is 207 cm³/mol. The van der Waals surface area contributed by atoms with Gasteiger partial charge in [-0.3, -0.25) is 0 Å². The van der Waals surface area contributed by atoms with Crippen LogP contribution in [0.5, 0.6) is 0 Å². The van der Waals surface area contributed by atoms with Gasteiger partial charge in [-0.15, -0.1) is 0 Å². The van der Waals surface area contributed by atoms with Crippen molar-refractivity contribution in [3.8, 4) is 27.9 Å². The number of rotatable bonds is 10. The van der Waals surface area contributed by atoms with Gasteiger partial charge < -0.3 is 9.88 Å². The van der Waals surface area contributed by atoms with Crippen LogP contribution in [0.3, 0.4) is 0 Å². The second-order valence-corrected chi connectivity index (χ2v) is 12.7. The normalized spacial score (nSPS) is 13.4. The summed E-state index contributed by atoms with van der Waals surface area (Å²) in [6.07, 6.45) is 8.87. The van der Waals surface area contributed by atoms with Gasteiger partial charge in [0.15, 0.2) is 0 Å². The first kappa shape index (κ1) is 31.2. The fourth-order valence-electron chi connectivity index (χ4n) is 6.83. The fraction of sp³-hybridized carbons (Fsp3) is 0.130. The van der Waals surface area contributed by atoms with Crippen LogP contribution in [0.25, 0.3) is 55.3 Å². The molecule has 0 aliphatic rings. The SMILES string of the molecule is CC/C=C\C/C(=C\C(C)(NC)c1cccc(-n2c3ccc(-c4ccccc4)cc3c3cc(-c4ccccc4)ccc32)c1)c1ccccc1. The van der Waals surface area contributed by atoms with Crippen LogP contribution < -0.4 is 5.32 Å². The third kappa shape index (κ3) is 6.15. The Balaban J connectivity index is 1.40. The van der Waals surface area contributed by atoms with Crippen molar-refractivity contribution in [1.82, 2.24) is 9.88 Å². The second kappa shape index (κ2) is 13.7. The third-order valence-corrected chi connectivity index (χ3v) is 9.55. The topological polar surface area (TPSA) is 17.0 Å². The van der Waals surface area contributed by atoms with Crippen LogP contribution in [0.2, 0.25) is 0 Å². The number of likely N-dealkylation sites (N-methyl/N-ethyl adjacent to an activating group) is 1. The van der Waals surface area contributed by atoms with E-state index in [0.717, 1.165) is 18.5 Å². The van der Waals surface area contributed by atoms with E-state index in [-0.39, 0.29) is 5.54 Å². The molecule has 1 aromatic heterocycles. The fourth-order valence-corrected chi connectivity index (χ4v) is 6.83. The van der Waals surface area contributed by atoms with Gasteiger partial charge in [-0.25, -0.2) is 0 Å². The molecular weight excluding hydrogens is 581 g/mol. The molecule has 7 aromatic rings. The Bertz CT molecular complexity index is 2130. The molecule has 48 heavy (non-hydrogen) atoms. The van der Waals surface area contributed by atoms with Gasteiger partial charge in [0.05, 0.1) is 16.6 Å². The highest BCUT2D eigenvalue weighted by Crippen LogP contribution is 2.38. The summed E-state index contributed by atoms with van der Waals surface area (Å²) in [5.74, 6) is 0. The average Bonchev–Trinajstić information content (AvgIpc) is 3.48. The van der Waals surface area contributed by atoms with Crippen LogP contribution in [0.15, 0.2) is 170 Å². The van der Waals surface area contributed by atoms with E-state index < -0.39 is 0 Å². The lowest BCUT2D eigenvalue weighted by Gasteiger charge is -2.29. The Hall–Kier alpha value is -5.44. The van der Waals surface area contributed by atoms with Crippen molar-refractivity contribution < 1.29 is 0 Å². The summed E-state index contributed by atoms with van der Waals surface area (Å²) in [5, 5.41) is 6.17. The number of allylic oxidation sites excluding steroid dienone is 3. The zero-order valence-electron chi connectivity index (χ0n) is 28.0. The van der Waals surface area contributed by atoms with Crippen molar-refractivity contribution in [3.63, 3.8) is 0 Å². The Morgan fingerprint density at radius 3 is 1.71 bits per heavy atom. The highest BCUT2D eigenvalue weighted by Gasteiger charge is 2.24. The van der Waals surface area contributed by atoms with Crippen molar-refractivity contribution in [1.29, 1.82) is 0 Å². The summed E-state index contributed by atoms with van der Waals surface area (Å²) in [4.78, 5) is 0. The van der Waals surface area contributed by atoms with E-state index in [0.29, 0.717) is 0 Å². The largest absolute Gasteiger partial charge is 0.309 e. The lowest BCUT2D eigenvalue weighted by molar-refractivity contribution is 0.505. The monoisotopic (exact) mass is 622 g/mol. The molecule has 2 heteroatoms. The maximum Gasteiger partial charge on any atom is 0.0596 e. The minimum absolute atomic E-state index is 0.388. The summed E-state index contributed by atoms with van der Waals surface area (Å²) in [5.41, 5.74) is 11.8. The number of benzene rings is 6. The van der Waals surface area contributed by atoms with Crippen LogP contribution in [0, 0.1) is 0 Å². The van der Waals surface area contributed by atoms with Crippen LogP contribution >= 0.6 is 0 Å². The summed E-state index contributed by atoms with van der Waals surface area (Å²) in [7, 11) is 2.06. The molecule has 0 aliphatic heterocycles. The first-order valence-corrected chi connectivity index (χ1v) is 17.0. The second-order valence-electron chi connectivity index (χ2n) is 12.7. The molecule has 1 N–H and O–H groups in total. The lowest BCUT2D eigenvalue weighted by Crippen LogP contribution is -2.35. The lowest BCUT2D eigenvalue weighted by atomic mass is 9.87. The van der Waals surface area contributed by atoms with Gasteiger partial charge in [0.2, 0.25) is 0 Å². The highest BCUT2D eigenvalue weighted by atomic mass is 15.0. The first-order valence-electron chi connectivity index (χ1n) is 17.0. The predicted octanol–water partition coefficient (Wildman–Crippen LogP) is 12.0. The van der Waals surface area contributed by atoms with Gasteiger partial charge in [-0.1, -0.05) is 140 Å². The van der Waals surface area contributed by atoms with E-state index in [2.05, 4.69) is 201 Å². The van der Waals surface area contributed by atoms with Gasteiger partial charge in [-0.05, 0) is 102 Å². The van der Waals surface area contributed by atoms with Gasteiger partial charge in [0.25, 0.3) is 0 Å². The number of hydrogen-bond acceptors (Lipinski definition) is 1. The Labute approximate surface area is 284 Å². The molecule has 0 bridgehead atoms. The van der Waals surface area contributed by atoms with Crippen molar-refractivity contribution in [3.05, 3.63) is 181 Å². The number of aromatic nitrogens is 1. The molecule has 0 fully saturated rings. The Morgan fingerprint density at radius 1 is 0.604 bits per heavy atom. The molecule has 1 atom stereocenters. The van der Waals surface area contributed by atoms with E-state index in [1.165, 1.54) is 60.8 Å². The molecule has 0 saturated carbocycles. The quantitative estimate of drug-likeness (QED) is 0.150. The van der Waals surface area contributed by atoms with Gasteiger partial charge in [0, 0.05) is 16.5 Å². The van der Waals surface area contributed by atoms with Crippen LogP contribution in [-0.2, 0) is 5.54 Å². The zero-order chi connectivity index (χ0) is 32.9. The Morgan fingerprint density at radius 2 is 1.17 bits per heavy atom. The maximum absolute atomic E-state index is 3.67. The summed E-state index contributed by atoms with van der Waals surface area (Å²) >= 11 is 0. The molecule has 0 saturated heterocycles. The summed E-state index contributed by atoms with van der Waals surface area (Å²) in [6.45, 7) is 4.47. The minimum Gasteiger partial charge on any atom is -0.309 e. The van der Waals surface area contributed by atoms with Crippen molar-refractivity contribution in [2.75, 3.05) is 7.05 Å². The van der Waals surface area contributed by atoms with E-state index in [1.54, 1.807) is 0 Å². The van der Waals surface area contributed by atoms with Gasteiger partial charge in [-0.2, -0.15) is 0 Å². The molecule has 6 aromatic carbocycles. The van der Waals surface area contributed by atoms with E-state index in [1.807, 2.05) is 0 Å². The number of nitrogens with one attached hydrogen (secondary N) is 1. The molecule has 0 aliphatic carbocycles. The van der Waals surface area contributed by atoms with Crippen LogP contribution in [-0.4, -0.2) is 11.6 Å². The molecular formula is C46H42N2. The first-order chi connectivity index (χ1) is 23.6. The standard InChI is InChI=1S/C46H42N2/c1-4-5-9-23-39(36-21-14-8-15-22-36)33-46(2,47-3)40-24-16-25-41(32-40)48-44-28-26-37(34-17-10-6-11-18-34)30-42(44)43-31-38(27-29-45(43)48)35-19-12-7-13-20-35/h5-22,24-33,47H,4,23H2,1-3H3/b9-5-,39-33+. The third-order valence-electron chi connectivity index (χ3n) is 9.55. The molecule has 2 nitrogen and oxygen atoms in total. The van der Waals surface area contributed by atoms with E-state index >= 15 is 0 Å². The number of nitrogens with zero attached hydrogens (tertiary/aromatic N) is 1. The number of fused-ring (bicyclic) bond motifs is 3. The summed E-state index contributed by atoms with van der Waals surface area (Å²) < 4.78 is 2.43. The average molecular weight is 623 g/mol. The van der Waals surface area contributed by atoms with Crippen LogP contribution in [0.1, 0.15) is 37.8 Å². The van der Waals surface area contributed by atoms with Gasteiger partial charge in [0.1, 0.15) is 0 Å². The molecule has 0 amide bonds. The molecule has 1 heterocycles. The molecule has 236 valence electrons. The molecule has 1 unspecified atom stereocenters. The van der Waals surface area contributed by atoms with E-state index in [4.69, 9.17) is 0 Å². The number of hydrogen-bond donors (Lipinski definition) is 1. The van der Waals surface area contributed by atoms with Crippen LogP contribution in [0.4, 0.5) is 0 Å². The summed E-state index contributed by atoms with van der Waals surface area (Å²) in [6, 6.07) is 54.9. The van der Waals surface area contributed by atoms with Crippen molar-refractivity contribution in [2.45, 2.75) is 32.2 Å². The van der Waals surface area contributed by atoms with Gasteiger partial charge >= 0.3 is 0 Å². The smallest absolute Gasteiger partial charge is 0.0596 e. The minimum atomic E-state index is -0.388. The molecule has 0 spiro atoms. The van der Waals surface area contributed by atoms with E-state index in [9.17, 15) is 0 Å². The van der Waals surface area contributed by atoms with Crippen molar-refractivity contribution in [2.24, 2.45) is 0 Å². The Kier molecular flexibility index (Phi) is 8.92.